The van der Waals surface area contributed by atoms with E-state index < -0.39 is 0 Å². The largest absolute Gasteiger partial charge is 0.492 e. The van der Waals surface area contributed by atoms with Crippen LogP contribution in [0.25, 0.3) is 0 Å². The van der Waals surface area contributed by atoms with Crippen LogP contribution < -0.4 is 15.0 Å². The minimum atomic E-state index is -0.0569. The van der Waals surface area contributed by atoms with Gasteiger partial charge in [0.25, 0.3) is 0 Å². The van der Waals surface area contributed by atoms with Crippen molar-refractivity contribution in [3.05, 3.63) is 54.1 Å². The smallest absolute Gasteiger partial charge is 0.238 e. The Morgan fingerprint density at radius 1 is 1.14 bits per heavy atom. The fourth-order valence-corrected chi connectivity index (χ4v) is 3.39. The zero-order valence-electron chi connectivity index (χ0n) is 16.7. The van der Waals surface area contributed by atoms with E-state index in [1.54, 1.807) is 0 Å². The van der Waals surface area contributed by atoms with Crippen LogP contribution in [0.1, 0.15) is 12.5 Å². The van der Waals surface area contributed by atoms with Gasteiger partial charge in [-0.15, -0.1) is 0 Å². The fraction of sp³-hybridized carbons (Fsp3) is 0.409. The van der Waals surface area contributed by atoms with E-state index in [4.69, 9.17) is 9.47 Å². The molecule has 0 radical (unpaired) electrons. The highest BCUT2D eigenvalue weighted by Gasteiger charge is 2.16. The maximum Gasteiger partial charge on any atom is 0.238 e. The lowest BCUT2D eigenvalue weighted by molar-refractivity contribution is -0.117. The van der Waals surface area contributed by atoms with Crippen molar-refractivity contribution >= 4 is 17.3 Å². The van der Waals surface area contributed by atoms with Crippen LogP contribution in [0.3, 0.4) is 0 Å². The van der Waals surface area contributed by atoms with Crippen LogP contribution in [0.4, 0.5) is 11.4 Å². The fourth-order valence-electron chi connectivity index (χ4n) is 3.39. The molecule has 1 aliphatic rings. The summed E-state index contributed by atoms with van der Waals surface area (Å²) in [6.45, 7) is 6.80. The Morgan fingerprint density at radius 2 is 1.86 bits per heavy atom. The van der Waals surface area contributed by atoms with Gasteiger partial charge >= 0.3 is 0 Å². The maximum atomic E-state index is 12.5. The van der Waals surface area contributed by atoms with Gasteiger partial charge < -0.3 is 19.7 Å². The van der Waals surface area contributed by atoms with Gasteiger partial charge in [-0.3, -0.25) is 9.69 Å². The van der Waals surface area contributed by atoms with Crippen LogP contribution in [-0.2, 0) is 16.1 Å². The van der Waals surface area contributed by atoms with E-state index in [0.717, 1.165) is 26.3 Å². The summed E-state index contributed by atoms with van der Waals surface area (Å²) in [5.74, 6) is 0.636. The molecular weight excluding hydrogens is 354 g/mol. The summed E-state index contributed by atoms with van der Waals surface area (Å²) in [4.78, 5) is 16.9. The minimum Gasteiger partial charge on any atom is -0.492 e. The summed E-state index contributed by atoms with van der Waals surface area (Å²) in [5.41, 5.74) is 3.14. The van der Waals surface area contributed by atoms with Crippen molar-refractivity contribution in [2.75, 3.05) is 56.7 Å². The second-order valence-corrected chi connectivity index (χ2v) is 6.88. The Bertz CT molecular complexity index is 775. The number of morpholine rings is 1. The zero-order valence-corrected chi connectivity index (χ0v) is 16.7. The number of hydrogen-bond acceptors (Lipinski definition) is 5. The number of benzene rings is 2. The number of hydrogen-bond donors (Lipinski definition) is 1. The van der Waals surface area contributed by atoms with Gasteiger partial charge in [-0.1, -0.05) is 30.3 Å². The van der Waals surface area contributed by atoms with Crippen molar-refractivity contribution in [3.8, 4) is 5.75 Å². The van der Waals surface area contributed by atoms with Crippen LogP contribution in [0.15, 0.2) is 48.5 Å². The molecule has 0 aromatic heterocycles. The second kappa shape index (κ2) is 10.1. The average Bonchev–Trinajstić information content (AvgIpc) is 2.70. The molecule has 1 N–H and O–H groups in total. The summed E-state index contributed by atoms with van der Waals surface area (Å²) in [7, 11) is 1.96. The molecular formula is C22H29N3O3. The maximum absolute atomic E-state index is 12.5. The Hall–Kier alpha value is -2.57. The molecule has 0 spiro atoms. The normalized spacial score (nSPS) is 14.2. The number of carbonyl (C=O) groups excluding carboxylic acids is 1. The SMILES string of the molecule is CCOc1ccccc1NC(=O)CN(C)Cc1ccccc1N1CCOCC1. The summed E-state index contributed by atoms with van der Waals surface area (Å²) >= 11 is 0. The highest BCUT2D eigenvalue weighted by Crippen LogP contribution is 2.24. The quantitative estimate of drug-likeness (QED) is 0.760. The first kappa shape index (κ1) is 20.2. The van der Waals surface area contributed by atoms with Crippen LogP contribution in [0.2, 0.25) is 0 Å². The van der Waals surface area contributed by atoms with Gasteiger partial charge in [0.15, 0.2) is 0 Å². The van der Waals surface area contributed by atoms with Crippen molar-refractivity contribution in [2.24, 2.45) is 0 Å². The molecule has 1 amide bonds. The van der Waals surface area contributed by atoms with Crippen molar-refractivity contribution in [1.82, 2.24) is 4.90 Å². The third-order valence-corrected chi connectivity index (χ3v) is 4.66. The van der Waals surface area contributed by atoms with E-state index in [0.29, 0.717) is 31.1 Å². The molecule has 0 unspecified atom stereocenters. The Kier molecular flexibility index (Phi) is 7.28. The molecule has 1 aliphatic heterocycles. The van der Waals surface area contributed by atoms with Gasteiger partial charge in [-0.05, 0) is 37.7 Å². The van der Waals surface area contributed by atoms with Gasteiger partial charge in [0.1, 0.15) is 5.75 Å². The summed E-state index contributed by atoms with van der Waals surface area (Å²) in [6, 6.07) is 15.9. The highest BCUT2D eigenvalue weighted by atomic mass is 16.5. The molecule has 28 heavy (non-hydrogen) atoms. The first-order chi connectivity index (χ1) is 13.7. The molecule has 3 rings (SSSR count). The standard InChI is InChI=1S/C22H29N3O3/c1-3-28-21-11-7-5-9-19(21)23-22(26)17-24(2)16-18-8-4-6-10-20(18)25-12-14-27-15-13-25/h4-11H,3,12-17H2,1-2H3,(H,23,26). The monoisotopic (exact) mass is 383 g/mol. The van der Waals surface area contributed by atoms with E-state index in [2.05, 4.69) is 28.4 Å². The predicted octanol–water partition coefficient (Wildman–Crippen LogP) is 2.99. The molecule has 2 aromatic rings. The van der Waals surface area contributed by atoms with Gasteiger partial charge in [0.05, 0.1) is 32.1 Å². The summed E-state index contributed by atoms with van der Waals surface area (Å²) in [5, 5.41) is 2.96. The third kappa shape index (κ3) is 5.47. The minimum absolute atomic E-state index is 0.0569. The zero-order chi connectivity index (χ0) is 19.8. The van der Waals surface area contributed by atoms with Crippen LogP contribution in [0, 0.1) is 0 Å². The number of amides is 1. The molecule has 0 aliphatic carbocycles. The lowest BCUT2D eigenvalue weighted by atomic mass is 10.1. The Labute approximate surface area is 167 Å². The van der Waals surface area contributed by atoms with Crippen molar-refractivity contribution < 1.29 is 14.3 Å². The Balaban J connectivity index is 1.60. The molecule has 0 saturated carbocycles. The van der Waals surface area contributed by atoms with E-state index in [9.17, 15) is 4.79 Å². The molecule has 1 heterocycles. The molecule has 0 bridgehead atoms. The van der Waals surface area contributed by atoms with Crippen LogP contribution >= 0.6 is 0 Å². The van der Waals surface area contributed by atoms with Gasteiger partial charge in [0, 0.05) is 25.3 Å². The van der Waals surface area contributed by atoms with Crippen LogP contribution in [0.5, 0.6) is 5.75 Å². The van der Waals surface area contributed by atoms with E-state index in [-0.39, 0.29) is 5.91 Å². The van der Waals surface area contributed by atoms with Gasteiger partial charge in [-0.25, -0.2) is 0 Å². The number of para-hydroxylation sites is 3. The lowest BCUT2D eigenvalue weighted by Gasteiger charge is -2.31. The first-order valence-corrected chi connectivity index (χ1v) is 9.78. The molecule has 2 aromatic carbocycles. The summed E-state index contributed by atoms with van der Waals surface area (Å²) < 4.78 is 11.0. The molecule has 6 nitrogen and oxygen atoms in total. The number of rotatable bonds is 8. The number of ether oxygens (including phenoxy) is 2. The van der Waals surface area contributed by atoms with E-state index >= 15 is 0 Å². The topological polar surface area (TPSA) is 54.0 Å². The molecule has 1 fully saturated rings. The summed E-state index contributed by atoms with van der Waals surface area (Å²) in [6.07, 6.45) is 0. The number of nitrogens with one attached hydrogen (secondary N) is 1. The second-order valence-electron chi connectivity index (χ2n) is 6.88. The van der Waals surface area contributed by atoms with E-state index in [1.807, 2.05) is 49.2 Å². The van der Waals surface area contributed by atoms with Crippen molar-refractivity contribution in [3.63, 3.8) is 0 Å². The van der Waals surface area contributed by atoms with Crippen LogP contribution in [-0.4, -0.2) is 57.3 Å². The Morgan fingerprint density at radius 3 is 2.64 bits per heavy atom. The number of anilines is 2. The number of likely N-dealkylation sites (N-methyl/N-ethyl adjacent to an activating group) is 1. The van der Waals surface area contributed by atoms with Gasteiger partial charge in [-0.2, -0.15) is 0 Å². The molecule has 6 heteroatoms. The molecule has 1 saturated heterocycles. The molecule has 0 atom stereocenters. The lowest BCUT2D eigenvalue weighted by Crippen LogP contribution is -2.37. The predicted molar refractivity (Wildman–Crippen MR) is 112 cm³/mol. The van der Waals surface area contributed by atoms with Crippen molar-refractivity contribution in [2.45, 2.75) is 13.5 Å². The van der Waals surface area contributed by atoms with Gasteiger partial charge in [0.2, 0.25) is 5.91 Å². The highest BCUT2D eigenvalue weighted by molar-refractivity contribution is 5.93. The number of carbonyl (C=O) groups is 1. The number of nitrogens with zero attached hydrogens (tertiary/aromatic N) is 2. The van der Waals surface area contributed by atoms with Crippen molar-refractivity contribution in [1.29, 1.82) is 0 Å². The average molecular weight is 383 g/mol. The molecule has 150 valence electrons. The third-order valence-electron chi connectivity index (χ3n) is 4.66. The first-order valence-electron chi connectivity index (χ1n) is 9.78. The van der Waals surface area contributed by atoms with E-state index in [1.165, 1.54) is 11.3 Å².